The second kappa shape index (κ2) is 6.98. The average molecular weight is 289 g/mol. The Hall–Kier alpha value is -0.770. The number of halogens is 2. The highest BCUT2D eigenvalue weighted by molar-refractivity contribution is 6.31. The molecule has 0 aliphatic carbocycles. The molecule has 100 valence electrons. The third-order valence-electron chi connectivity index (χ3n) is 3.19. The number of carbonyl (C=O) groups excluding carboxylic acids is 1. The number of nitrogens with zero attached hydrogens (tertiary/aromatic N) is 1. The Morgan fingerprint density at radius 2 is 1.94 bits per heavy atom. The highest BCUT2D eigenvalue weighted by Gasteiger charge is 2.20. The number of hydrogen-bond acceptors (Lipinski definition) is 2. The van der Waals surface area contributed by atoms with Crippen LogP contribution in [0.25, 0.3) is 0 Å². The Morgan fingerprint density at radius 1 is 1.33 bits per heavy atom. The zero-order chi connectivity index (χ0) is 12.3. The monoisotopic (exact) mass is 288 g/mol. The molecule has 2 rings (SSSR count). The van der Waals surface area contributed by atoms with Crippen molar-refractivity contribution in [2.75, 3.05) is 13.1 Å². The summed E-state index contributed by atoms with van der Waals surface area (Å²) in [5.74, 6) is 0.144. The van der Waals surface area contributed by atoms with Gasteiger partial charge in [-0.25, -0.2) is 0 Å². The van der Waals surface area contributed by atoms with E-state index in [0.717, 1.165) is 31.5 Å². The summed E-state index contributed by atoms with van der Waals surface area (Å²) in [7, 11) is 0. The standard InChI is InChI=1S/C13H17ClN2O.ClH/c14-12-4-2-1-3-10(12)9-13(17)16-7-5-11(15)6-8-16;/h1-4,11H,5-9,15H2;1H. The van der Waals surface area contributed by atoms with Crippen LogP contribution in [0.5, 0.6) is 0 Å². The van der Waals surface area contributed by atoms with Gasteiger partial charge in [0.05, 0.1) is 6.42 Å². The predicted molar refractivity (Wildman–Crippen MR) is 76.2 cm³/mol. The summed E-state index contributed by atoms with van der Waals surface area (Å²) in [6.45, 7) is 1.54. The summed E-state index contributed by atoms with van der Waals surface area (Å²) >= 11 is 6.04. The molecule has 1 amide bonds. The summed E-state index contributed by atoms with van der Waals surface area (Å²) in [6.07, 6.45) is 2.18. The number of nitrogens with two attached hydrogens (primary N) is 1. The van der Waals surface area contributed by atoms with Crippen molar-refractivity contribution in [3.05, 3.63) is 34.9 Å². The van der Waals surface area contributed by atoms with Gasteiger partial charge < -0.3 is 10.6 Å². The number of amides is 1. The molecule has 1 aliphatic heterocycles. The normalized spacial score (nSPS) is 16.2. The highest BCUT2D eigenvalue weighted by Crippen LogP contribution is 2.17. The maximum atomic E-state index is 12.1. The SMILES string of the molecule is Cl.NC1CCN(C(=O)Cc2ccccc2Cl)CC1. The molecule has 0 unspecified atom stereocenters. The lowest BCUT2D eigenvalue weighted by atomic mass is 10.0. The summed E-state index contributed by atoms with van der Waals surface area (Å²) in [5.41, 5.74) is 6.71. The van der Waals surface area contributed by atoms with E-state index in [4.69, 9.17) is 17.3 Å². The molecule has 0 bridgehead atoms. The molecule has 1 fully saturated rings. The van der Waals surface area contributed by atoms with Gasteiger partial charge in [-0.05, 0) is 24.5 Å². The highest BCUT2D eigenvalue weighted by atomic mass is 35.5. The fourth-order valence-corrected chi connectivity index (χ4v) is 2.27. The van der Waals surface area contributed by atoms with Crippen LogP contribution in [0, 0.1) is 0 Å². The lowest BCUT2D eigenvalue weighted by molar-refractivity contribution is -0.131. The van der Waals surface area contributed by atoms with E-state index < -0.39 is 0 Å². The van der Waals surface area contributed by atoms with E-state index in [1.807, 2.05) is 29.2 Å². The molecule has 1 aromatic carbocycles. The van der Waals surface area contributed by atoms with E-state index in [1.165, 1.54) is 0 Å². The first-order valence-corrected chi connectivity index (χ1v) is 6.31. The minimum atomic E-state index is 0. The van der Waals surface area contributed by atoms with Gasteiger partial charge in [0.25, 0.3) is 0 Å². The molecule has 18 heavy (non-hydrogen) atoms. The van der Waals surface area contributed by atoms with Crippen molar-refractivity contribution in [2.24, 2.45) is 5.73 Å². The van der Waals surface area contributed by atoms with Gasteiger partial charge >= 0.3 is 0 Å². The molecule has 1 saturated heterocycles. The first-order chi connectivity index (χ1) is 8.16. The van der Waals surface area contributed by atoms with E-state index in [2.05, 4.69) is 0 Å². The Bertz CT molecular complexity index is 404. The van der Waals surface area contributed by atoms with Crippen molar-refractivity contribution in [3.8, 4) is 0 Å². The second-order valence-electron chi connectivity index (χ2n) is 4.49. The fraction of sp³-hybridized carbons (Fsp3) is 0.462. The number of piperidine rings is 1. The predicted octanol–water partition coefficient (Wildman–Crippen LogP) is 2.25. The van der Waals surface area contributed by atoms with Crippen LogP contribution in [-0.2, 0) is 11.2 Å². The van der Waals surface area contributed by atoms with Crippen molar-refractivity contribution >= 4 is 29.9 Å². The number of rotatable bonds is 2. The van der Waals surface area contributed by atoms with Crippen LogP contribution in [-0.4, -0.2) is 29.9 Å². The molecular weight excluding hydrogens is 271 g/mol. The smallest absolute Gasteiger partial charge is 0.227 e. The first-order valence-electron chi connectivity index (χ1n) is 5.93. The van der Waals surface area contributed by atoms with Crippen LogP contribution in [0.3, 0.4) is 0 Å². The Kier molecular flexibility index (Phi) is 5.93. The zero-order valence-electron chi connectivity index (χ0n) is 10.1. The minimum absolute atomic E-state index is 0. The van der Waals surface area contributed by atoms with E-state index in [1.54, 1.807) is 0 Å². The van der Waals surface area contributed by atoms with Crippen LogP contribution in [0.4, 0.5) is 0 Å². The summed E-state index contributed by atoms with van der Waals surface area (Å²) < 4.78 is 0. The molecule has 0 atom stereocenters. The largest absolute Gasteiger partial charge is 0.342 e. The van der Waals surface area contributed by atoms with Gasteiger partial charge in [0.15, 0.2) is 0 Å². The van der Waals surface area contributed by atoms with Crippen LogP contribution in [0.15, 0.2) is 24.3 Å². The molecule has 1 aliphatic rings. The van der Waals surface area contributed by atoms with E-state index in [9.17, 15) is 4.79 Å². The summed E-state index contributed by atoms with van der Waals surface area (Å²) in [5, 5.41) is 0.662. The molecule has 0 aromatic heterocycles. The molecule has 1 aromatic rings. The molecule has 3 nitrogen and oxygen atoms in total. The number of carbonyl (C=O) groups is 1. The summed E-state index contributed by atoms with van der Waals surface area (Å²) in [6, 6.07) is 7.74. The quantitative estimate of drug-likeness (QED) is 0.907. The Balaban J connectivity index is 0.00000162. The maximum Gasteiger partial charge on any atom is 0.227 e. The van der Waals surface area contributed by atoms with Crippen LogP contribution >= 0.6 is 24.0 Å². The summed E-state index contributed by atoms with van der Waals surface area (Å²) in [4.78, 5) is 13.9. The lowest BCUT2D eigenvalue weighted by Crippen LogP contribution is -2.43. The van der Waals surface area contributed by atoms with E-state index >= 15 is 0 Å². The number of likely N-dealkylation sites (tertiary alicyclic amines) is 1. The van der Waals surface area contributed by atoms with Gasteiger partial charge in [0.2, 0.25) is 5.91 Å². The third kappa shape index (κ3) is 3.87. The van der Waals surface area contributed by atoms with Gasteiger partial charge in [0.1, 0.15) is 0 Å². The zero-order valence-corrected chi connectivity index (χ0v) is 11.7. The third-order valence-corrected chi connectivity index (χ3v) is 3.56. The molecule has 1 heterocycles. The van der Waals surface area contributed by atoms with Gasteiger partial charge in [-0.1, -0.05) is 29.8 Å². The molecule has 0 radical (unpaired) electrons. The maximum absolute atomic E-state index is 12.1. The Morgan fingerprint density at radius 3 is 2.56 bits per heavy atom. The first kappa shape index (κ1) is 15.3. The van der Waals surface area contributed by atoms with Crippen molar-refractivity contribution in [1.29, 1.82) is 0 Å². The van der Waals surface area contributed by atoms with Crippen molar-refractivity contribution in [2.45, 2.75) is 25.3 Å². The van der Waals surface area contributed by atoms with E-state index in [-0.39, 0.29) is 24.4 Å². The van der Waals surface area contributed by atoms with Gasteiger partial charge in [-0.2, -0.15) is 0 Å². The molecule has 0 spiro atoms. The lowest BCUT2D eigenvalue weighted by Gasteiger charge is -2.30. The van der Waals surface area contributed by atoms with Crippen LogP contribution in [0.2, 0.25) is 5.02 Å². The van der Waals surface area contributed by atoms with Crippen LogP contribution < -0.4 is 5.73 Å². The molecule has 0 saturated carbocycles. The van der Waals surface area contributed by atoms with Crippen molar-refractivity contribution in [1.82, 2.24) is 4.90 Å². The van der Waals surface area contributed by atoms with Crippen molar-refractivity contribution < 1.29 is 4.79 Å². The van der Waals surface area contributed by atoms with E-state index in [0.29, 0.717) is 11.4 Å². The topological polar surface area (TPSA) is 46.3 Å². The Labute approximate surface area is 119 Å². The average Bonchev–Trinajstić information content (AvgIpc) is 2.33. The number of hydrogen-bond donors (Lipinski definition) is 1. The fourth-order valence-electron chi connectivity index (χ4n) is 2.07. The van der Waals surface area contributed by atoms with Crippen LogP contribution in [0.1, 0.15) is 18.4 Å². The minimum Gasteiger partial charge on any atom is -0.342 e. The van der Waals surface area contributed by atoms with Crippen molar-refractivity contribution in [3.63, 3.8) is 0 Å². The van der Waals surface area contributed by atoms with Gasteiger partial charge in [0, 0.05) is 24.2 Å². The second-order valence-corrected chi connectivity index (χ2v) is 4.89. The molecule has 2 N–H and O–H groups in total. The van der Waals surface area contributed by atoms with Gasteiger partial charge in [-0.15, -0.1) is 12.4 Å². The van der Waals surface area contributed by atoms with Gasteiger partial charge in [-0.3, -0.25) is 4.79 Å². The molecule has 5 heteroatoms. The molecular formula is C13H18Cl2N2O. The number of benzene rings is 1.